The highest BCUT2D eigenvalue weighted by Crippen LogP contribution is 2.18. The molecule has 442 valence electrons. The molecule has 6 nitrogen and oxygen atoms in total. The van der Waals surface area contributed by atoms with E-state index in [1.807, 2.05) is 6.08 Å². The number of unbranched alkanes of at least 4 members (excludes halogenated alkanes) is 48. The molecular formula is C69H131NO5. The summed E-state index contributed by atoms with van der Waals surface area (Å²) < 4.78 is 5.50. The van der Waals surface area contributed by atoms with Crippen molar-refractivity contribution >= 4 is 11.9 Å². The molecule has 0 heterocycles. The summed E-state index contributed by atoms with van der Waals surface area (Å²) in [5.41, 5.74) is 0. The van der Waals surface area contributed by atoms with Gasteiger partial charge in [-0.05, 0) is 83.5 Å². The summed E-state index contributed by atoms with van der Waals surface area (Å²) in [4.78, 5) is 24.5. The van der Waals surface area contributed by atoms with Gasteiger partial charge in [0.25, 0.3) is 0 Å². The quantitative estimate of drug-likeness (QED) is 0.0320. The molecule has 6 heteroatoms. The van der Waals surface area contributed by atoms with Crippen LogP contribution >= 0.6 is 0 Å². The zero-order valence-corrected chi connectivity index (χ0v) is 50.5. The van der Waals surface area contributed by atoms with Gasteiger partial charge in [0.2, 0.25) is 5.91 Å². The van der Waals surface area contributed by atoms with E-state index in [2.05, 4.69) is 43.5 Å². The molecule has 0 radical (unpaired) electrons. The van der Waals surface area contributed by atoms with Crippen LogP contribution in [0.2, 0.25) is 0 Å². The maximum Gasteiger partial charge on any atom is 0.305 e. The predicted octanol–water partition coefficient (Wildman–Crippen LogP) is 21.5. The van der Waals surface area contributed by atoms with E-state index >= 15 is 0 Å². The summed E-state index contributed by atoms with van der Waals surface area (Å²) in [6, 6.07) is -0.624. The minimum Gasteiger partial charge on any atom is -0.466 e. The van der Waals surface area contributed by atoms with Crippen LogP contribution in [-0.4, -0.2) is 47.4 Å². The van der Waals surface area contributed by atoms with Crippen LogP contribution in [0.4, 0.5) is 0 Å². The molecule has 0 aromatic heterocycles. The molecule has 0 aliphatic rings. The van der Waals surface area contributed by atoms with E-state index in [9.17, 15) is 19.8 Å². The highest BCUT2D eigenvalue weighted by atomic mass is 16.5. The lowest BCUT2D eigenvalue weighted by molar-refractivity contribution is -0.143. The first-order valence-corrected chi connectivity index (χ1v) is 33.8. The highest BCUT2D eigenvalue weighted by Gasteiger charge is 2.18. The van der Waals surface area contributed by atoms with Crippen molar-refractivity contribution in [2.75, 3.05) is 13.2 Å². The molecule has 0 saturated carbocycles. The SMILES string of the molecule is CCCCCCCC/C=C\CCCCCCCCCC(=O)OCCCCCCCCCCCCCC/C=C\CCCCCCCCCCCCCCCCCC(=O)NC(CO)C(O)/C=C/CCCCCCCCCC. The van der Waals surface area contributed by atoms with Crippen molar-refractivity contribution in [2.24, 2.45) is 0 Å². The number of aliphatic hydroxyl groups is 2. The number of rotatable bonds is 63. The second-order valence-corrected chi connectivity index (χ2v) is 23.1. The summed E-state index contributed by atoms with van der Waals surface area (Å²) >= 11 is 0. The van der Waals surface area contributed by atoms with E-state index in [0.29, 0.717) is 19.4 Å². The molecule has 0 saturated heterocycles. The Bertz CT molecular complexity index is 1210. The fourth-order valence-electron chi connectivity index (χ4n) is 10.4. The van der Waals surface area contributed by atoms with Gasteiger partial charge in [-0.2, -0.15) is 0 Å². The molecule has 0 spiro atoms. The second-order valence-electron chi connectivity index (χ2n) is 23.1. The van der Waals surface area contributed by atoms with Crippen LogP contribution in [0, 0.1) is 0 Å². The lowest BCUT2D eigenvalue weighted by Crippen LogP contribution is -2.45. The normalized spacial score (nSPS) is 12.7. The highest BCUT2D eigenvalue weighted by molar-refractivity contribution is 5.76. The Morgan fingerprint density at radius 2 is 0.627 bits per heavy atom. The number of ether oxygens (including phenoxy) is 1. The van der Waals surface area contributed by atoms with Crippen molar-refractivity contribution in [3.8, 4) is 0 Å². The number of esters is 1. The molecule has 0 fully saturated rings. The zero-order valence-electron chi connectivity index (χ0n) is 50.5. The van der Waals surface area contributed by atoms with E-state index < -0.39 is 12.1 Å². The summed E-state index contributed by atoms with van der Waals surface area (Å²) in [5.74, 6) is -0.0527. The first kappa shape index (κ1) is 73.1. The molecule has 0 aliphatic heterocycles. The molecule has 0 aliphatic carbocycles. The minimum absolute atomic E-state index is 0.0142. The fourth-order valence-corrected chi connectivity index (χ4v) is 10.4. The van der Waals surface area contributed by atoms with Gasteiger partial charge in [-0.3, -0.25) is 9.59 Å². The maximum atomic E-state index is 12.4. The standard InChI is InChI=1S/C69H131NO5/c1-3-5-7-9-11-13-15-16-17-33-37-40-43-47-51-55-59-63-69(74)75-64-60-56-52-48-44-41-38-35-32-30-28-26-24-22-20-18-19-21-23-25-27-29-31-34-36-39-42-46-50-54-58-62-68(73)70-66(65-71)67(72)61-57-53-49-45-14-12-10-8-6-4-2/h16-17,20,22,57,61,66-67,71-72H,3-15,18-19,21,23-56,58-60,62-65H2,1-2H3,(H,70,73)/b17-16-,22-20-,61-57+. The Kier molecular flexibility index (Phi) is 63.0. The lowest BCUT2D eigenvalue weighted by atomic mass is 10.0. The summed E-state index contributed by atoms with van der Waals surface area (Å²) in [6.07, 6.45) is 82.3. The number of carbonyl (C=O) groups is 2. The van der Waals surface area contributed by atoms with Crippen molar-refractivity contribution in [3.63, 3.8) is 0 Å². The van der Waals surface area contributed by atoms with E-state index in [1.165, 1.54) is 295 Å². The lowest BCUT2D eigenvalue weighted by Gasteiger charge is -2.20. The third-order valence-corrected chi connectivity index (χ3v) is 15.6. The van der Waals surface area contributed by atoms with E-state index in [-0.39, 0.29) is 18.5 Å². The smallest absolute Gasteiger partial charge is 0.305 e. The largest absolute Gasteiger partial charge is 0.466 e. The van der Waals surface area contributed by atoms with E-state index in [1.54, 1.807) is 6.08 Å². The number of nitrogens with one attached hydrogen (secondary N) is 1. The Morgan fingerprint density at radius 1 is 0.360 bits per heavy atom. The predicted molar refractivity (Wildman–Crippen MR) is 329 cm³/mol. The van der Waals surface area contributed by atoms with Gasteiger partial charge >= 0.3 is 5.97 Å². The average molecular weight is 1050 g/mol. The van der Waals surface area contributed by atoms with Gasteiger partial charge in [0.05, 0.1) is 25.4 Å². The van der Waals surface area contributed by atoms with Crippen LogP contribution in [0.15, 0.2) is 36.5 Å². The summed E-state index contributed by atoms with van der Waals surface area (Å²) in [7, 11) is 0. The average Bonchev–Trinajstić information content (AvgIpc) is 3.41. The Hall–Kier alpha value is -1.92. The molecule has 0 aromatic rings. The Morgan fingerprint density at radius 3 is 0.947 bits per heavy atom. The minimum atomic E-state index is -0.841. The first-order valence-electron chi connectivity index (χ1n) is 33.8. The first-order chi connectivity index (χ1) is 37.0. The van der Waals surface area contributed by atoms with Crippen molar-refractivity contribution in [2.45, 2.75) is 379 Å². The molecule has 75 heavy (non-hydrogen) atoms. The number of hydrogen-bond acceptors (Lipinski definition) is 5. The molecular weight excluding hydrogens is 923 g/mol. The number of aliphatic hydroxyl groups excluding tert-OH is 2. The fraction of sp³-hybridized carbons (Fsp3) is 0.884. The van der Waals surface area contributed by atoms with Crippen LogP contribution in [0.3, 0.4) is 0 Å². The zero-order chi connectivity index (χ0) is 54.3. The summed E-state index contributed by atoms with van der Waals surface area (Å²) in [5, 5.41) is 23.0. The van der Waals surface area contributed by atoms with Crippen molar-refractivity contribution < 1.29 is 24.5 Å². The number of hydrogen-bond donors (Lipinski definition) is 3. The third kappa shape index (κ3) is 61.2. The topological polar surface area (TPSA) is 95.9 Å². The molecule has 2 atom stereocenters. The van der Waals surface area contributed by atoms with Crippen LogP contribution < -0.4 is 5.32 Å². The van der Waals surface area contributed by atoms with Crippen LogP contribution in [0.1, 0.15) is 367 Å². The van der Waals surface area contributed by atoms with E-state index in [0.717, 1.165) is 44.9 Å². The van der Waals surface area contributed by atoms with Gasteiger partial charge in [-0.15, -0.1) is 0 Å². The maximum absolute atomic E-state index is 12.4. The number of allylic oxidation sites excluding steroid dienone is 5. The van der Waals surface area contributed by atoms with E-state index in [4.69, 9.17) is 4.74 Å². The second kappa shape index (κ2) is 64.6. The van der Waals surface area contributed by atoms with Crippen molar-refractivity contribution in [3.05, 3.63) is 36.5 Å². The van der Waals surface area contributed by atoms with Crippen molar-refractivity contribution in [1.29, 1.82) is 0 Å². The van der Waals surface area contributed by atoms with Gasteiger partial charge < -0.3 is 20.3 Å². The van der Waals surface area contributed by atoms with Gasteiger partial charge in [0, 0.05) is 12.8 Å². The van der Waals surface area contributed by atoms with Gasteiger partial charge in [-0.25, -0.2) is 0 Å². The number of carbonyl (C=O) groups excluding carboxylic acids is 2. The van der Waals surface area contributed by atoms with Crippen molar-refractivity contribution in [1.82, 2.24) is 5.32 Å². The van der Waals surface area contributed by atoms with Crippen LogP contribution in [-0.2, 0) is 14.3 Å². The number of amides is 1. The van der Waals surface area contributed by atoms with Gasteiger partial charge in [0.1, 0.15) is 0 Å². The van der Waals surface area contributed by atoms with Gasteiger partial charge in [-0.1, -0.05) is 307 Å². The summed E-state index contributed by atoms with van der Waals surface area (Å²) in [6.45, 7) is 4.90. The molecule has 0 aromatic carbocycles. The molecule has 0 rings (SSSR count). The Labute approximate surface area is 468 Å². The molecule has 3 N–H and O–H groups in total. The monoisotopic (exact) mass is 1050 g/mol. The molecule has 1 amide bonds. The third-order valence-electron chi connectivity index (χ3n) is 15.6. The Balaban J connectivity index is 3.34. The van der Waals surface area contributed by atoms with Gasteiger partial charge in [0.15, 0.2) is 0 Å². The van der Waals surface area contributed by atoms with Crippen LogP contribution in [0.25, 0.3) is 0 Å². The molecule has 2 unspecified atom stereocenters. The molecule has 0 bridgehead atoms. The van der Waals surface area contributed by atoms with Crippen LogP contribution in [0.5, 0.6) is 0 Å².